The summed E-state index contributed by atoms with van der Waals surface area (Å²) in [5.41, 5.74) is 2.72. The van der Waals surface area contributed by atoms with Crippen molar-refractivity contribution in [2.24, 2.45) is 0 Å². The predicted octanol–water partition coefficient (Wildman–Crippen LogP) is 5.56. The van der Waals surface area contributed by atoms with Crippen LogP contribution < -0.4 is 10.1 Å². The van der Waals surface area contributed by atoms with E-state index in [0.717, 1.165) is 5.56 Å². The van der Waals surface area contributed by atoms with Gasteiger partial charge in [0.25, 0.3) is 0 Å². The van der Waals surface area contributed by atoms with E-state index < -0.39 is 5.82 Å². The Kier molecular flexibility index (Phi) is 6.28. The van der Waals surface area contributed by atoms with Crippen molar-refractivity contribution in [2.45, 2.75) is 6.42 Å². The molecule has 8 heteroatoms. The van der Waals surface area contributed by atoms with Gasteiger partial charge in [-0.3, -0.25) is 9.78 Å². The number of carbonyl (C=O) groups excluding carboxylic acids is 1. The van der Waals surface area contributed by atoms with Crippen LogP contribution in [0.25, 0.3) is 22.5 Å². The minimum absolute atomic E-state index is 0.0174. The highest BCUT2D eigenvalue weighted by Gasteiger charge is 2.14. The van der Waals surface area contributed by atoms with Gasteiger partial charge < -0.3 is 10.1 Å². The summed E-state index contributed by atoms with van der Waals surface area (Å²) in [6, 6.07) is 13.9. The van der Waals surface area contributed by atoms with E-state index in [0.29, 0.717) is 17.0 Å². The number of benzene rings is 2. The summed E-state index contributed by atoms with van der Waals surface area (Å²) in [4.78, 5) is 21.3. The number of amides is 1. The first-order valence-corrected chi connectivity index (χ1v) is 10.4. The Balaban J connectivity index is 1.48. The van der Waals surface area contributed by atoms with Crippen molar-refractivity contribution in [3.8, 4) is 28.3 Å². The molecule has 0 saturated carbocycles. The number of carbonyl (C=O) groups is 1. The molecule has 156 valence electrons. The van der Waals surface area contributed by atoms with E-state index in [1.165, 1.54) is 41.8 Å². The summed E-state index contributed by atoms with van der Waals surface area (Å²) in [5.74, 6) is -0.779. The SMILES string of the molecule is O=C(CCOc1ccccc1F)Nc1cnc(-c2ccc(F)cc2)c(-c2ccsc2)n1. The van der Waals surface area contributed by atoms with Crippen LogP contribution in [-0.4, -0.2) is 22.5 Å². The number of halogens is 2. The van der Waals surface area contributed by atoms with E-state index >= 15 is 0 Å². The minimum atomic E-state index is -0.481. The van der Waals surface area contributed by atoms with Crippen molar-refractivity contribution in [3.05, 3.63) is 83.2 Å². The molecule has 0 spiro atoms. The number of aromatic nitrogens is 2. The second kappa shape index (κ2) is 9.44. The molecular weight excluding hydrogens is 420 g/mol. The number of nitrogens with one attached hydrogen (secondary N) is 1. The van der Waals surface area contributed by atoms with Crippen molar-refractivity contribution < 1.29 is 18.3 Å². The van der Waals surface area contributed by atoms with Crippen LogP contribution in [0.4, 0.5) is 14.6 Å². The maximum Gasteiger partial charge on any atom is 0.228 e. The highest BCUT2D eigenvalue weighted by molar-refractivity contribution is 7.08. The zero-order valence-electron chi connectivity index (χ0n) is 16.2. The topological polar surface area (TPSA) is 64.1 Å². The molecule has 2 aromatic carbocycles. The van der Waals surface area contributed by atoms with E-state index in [-0.39, 0.29) is 36.3 Å². The fourth-order valence-corrected chi connectivity index (χ4v) is 3.53. The standard InChI is InChI=1S/C23H17F2N3O2S/c24-17-7-5-15(6-8-17)22-23(16-10-12-31-14-16)28-20(13-26-22)27-21(29)9-11-30-19-4-2-1-3-18(19)25/h1-8,10,12-14H,9,11H2,(H,27,28,29). The third-order valence-corrected chi connectivity index (χ3v) is 5.06. The number of anilines is 1. The molecule has 0 aliphatic carbocycles. The number of thiophene rings is 1. The largest absolute Gasteiger partial charge is 0.490 e. The monoisotopic (exact) mass is 437 g/mol. The van der Waals surface area contributed by atoms with Crippen molar-refractivity contribution in [1.29, 1.82) is 0 Å². The molecule has 4 rings (SSSR count). The molecule has 31 heavy (non-hydrogen) atoms. The van der Waals surface area contributed by atoms with Crippen LogP contribution in [0.2, 0.25) is 0 Å². The highest BCUT2D eigenvalue weighted by atomic mass is 32.1. The maximum atomic E-state index is 13.6. The van der Waals surface area contributed by atoms with E-state index in [2.05, 4.69) is 15.3 Å². The van der Waals surface area contributed by atoms with Gasteiger partial charge in [-0.2, -0.15) is 11.3 Å². The Morgan fingerprint density at radius 1 is 1.00 bits per heavy atom. The molecule has 0 atom stereocenters. The zero-order chi connectivity index (χ0) is 21.6. The first-order valence-electron chi connectivity index (χ1n) is 9.43. The lowest BCUT2D eigenvalue weighted by atomic mass is 10.1. The average Bonchev–Trinajstić information content (AvgIpc) is 3.31. The fourth-order valence-electron chi connectivity index (χ4n) is 2.89. The van der Waals surface area contributed by atoms with E-state index in [1.807, 2.05) is 16.8 Å². The number of ether oxygens (including phenoxy) is 1. The van der Waals surface area contributed by atoms with Crippen LogP contribution in [0, 0.1) is 11.6 Å². The van der Waals surface area contributed by atoms with Crippen molar-refractivity contribution >= 4 is 23.1 Å². The lowest BCUT2D eigenvalue weighted by Gasteiger charge is -2.11. The summed E-state index contributed by atoms with van der Waals surface area (Å²) in [6.07, 6.45) is 1.47. The minimum Gasteiger partial charge on any atom is -0.490 e. The molecule has 0 aliphatic heterocycles. The molecule has 2 heterocycles. The quantitative estimate of drug-likeness (QED) is 0.411. The average molecular weight is 437 g/mol. The summed E-state index contributed by atoms with van der Waals surface area (Å²) in [6.45, 7) is 0.0191. The van der Waals surface area contributed by atoms with Crippen LogP contribution in [-0.2, 0) is 4.79 Å². The molecule has 0 unspecified atom stereocenters. The molecule has 2 aromatic heterocycles. The van der Waals surface area contributed by atoms with Crippen LogP contribution in [0.1, 0.15) is 6.42 Å². The molecule has 0 saturated heterocycles. The van der Waals surface area contributed by atoms with Crippen molar-refractivity contribution in [2.75, 3.05) is 11.9 Å². The number of rotatable bonds is 7. The Morgan fingerprint density at radius 2 is 1.81 bits per heavy atom. The smallest absolute Gasteiger partial charge is 0.228 e. The van der Waals surface area contributed by atoms with Gasteiger partial charge in [0.05, 0.1) is 30.6 Å². The van der Waals surface area contributed by atoms with Crippen molar-refractivity contribution in [1.82, 2.24) is 9.97 Å². The maximum absolute atomic E-state index is 13.6. The molecule has 1 N–H and O–H groups in total. The summed E-state index contributed by atoms with van der Waals surface area (Å²) < 4.78 is 32.2. The number of hydrogen-bond acceptors (Lipinski definition) is 5. The van der Waals surface area contributed by atoms with Gasteiger partial charge in [-0.15, -0.1) is 0 Å². The van der Waals surface area contributed by atoms with Gasteiger partial charge in [-0.05, 0) is 47.8 Å². The van der Waals surface area contributed by atoms with Crippen LogP contribution >= 0.6 is 11.3 Å². The van der Waals surface area contributed by atoms with Gasteiger partial charge in [0, 0.05) is 16.5 Å². The number of para-hydroxylation sites is 1. The van der Waals surface area contributed by atoms with E-state index in [4.69, 9.17) is 4.74 Å². The Labute approximate surface area is 181 Å². The van der Waals surface area contributed by atoms with Gasteiger partial charge in [-0.1, -0.05) is 12.1 Å². The molecule has 0 radical (unpaired) electrons. The third kappa shape index (κ3) is 5.10. The fraction of sp³-hybridized carbons (Fsp3) is 0.0870. The normalized spacial score (nSPS) is 10.6. The molecule has 0 fully saturated rings. The van der Waals surface area contributed by atoms with Gasteiger partial charge in [-0.25, -0.2) is 13.8 Å². The van der Waals surface area contributed by atoms with Crippen LogP contribution in [0.5, 0.6) is 5.75 Å². The summed E-state index contributed by atoms with van der Waals surface area (Å²) >= 11 is 1.51. The summed E-state index contributed by atoms with van der Waals surface area (Å²) in [5, 5.41) is 6.53. The Bertz CT molecular complexity index is 1180. The lowest BCUT2D eigenvalue weighted by molar-refractivity contribution is -0.116. The van der Waals surface area contributed by atoms with Gasteiger partial charge in [0.1, 0.15) is 5.82 Å². The van der Waals surface area contributed by atoms with Crippen molar-refractivity contribution in [3.63, 3.8) is 0 Å². The first kappa shape index (κ1) is 20.6. The second-order valence-electron chi connectivity index (χ2n) is 6.55. The number of nitrogens with zero attached hydrogens (tertiary/aromatic N) is 2. The molecule has 0 aliphatic rings. The Morgan fingerprint density at radius 3 is 2.55 bits per heavy atom. The zero-order valence-corrected chi connectivity index (χ0v) is 17.0. The molecule has 4 aromatic rings. The molecule has 1 amide bonds. The molecular formula is C23H17F2N3O2S. The number of hydrogen-bond donors (Lipinski definition) is 1. The predicted molar refractivity (Wildman–Crippen MR) is 116 cm³/mol. The molecule has 0 bridgehead atoms. The molecule has 5 nitrogen and oxygen atoms in total. The lowest BCUT2D eigenvalue weighted by Crippen LogP contribution is -2.16. The third-order valence-electron chi connectivity index (χ3n) is 4.38. The van der Waals surface area contributed by atoms with E-state index in [1.54, 1.807) is 24.3 Å². The highest BCUT2D eigenvalue weighted by Crippen LogP contribution is 2.31. The van der Waals surface area contributed by atoms with Gasteiger partial charge >= 0.3 is 0 Å². The Hall–Kier alpha value is -3.65. The van der Waals surface area contributed by atoms with Crippen LogP contribution in [0.3, 0.4) is 0 Å². The second-order valence-corrected chi connectivity index (χ2v) is 7.33. The van der Waals surface area contributed by atoms with Gasteiger partial charge in [0.2, 0.25) is 5.91 Å². The van der Waals surface area contributed by atoms with Gasteiger partial charge in [0.15, 0.2) is 17.4 Å². The summed E-state index contributed by atoms with van der Waals surface area (Å²) in [7, 11) is 0. The van der Waals surface area contributed by atoms with Crippen LogP contribution in [0.15, 0.2) is 71.6 Å². The first-order chi connectivity index (χ1) is 15.1. The van der Waals surface area contributed by atoms with E-state index in [9.17, 15) is 13.6 Å².